The van der Waals surface area contributed by atoms with Crippen LogP contribution in [0.15, 0.2) is 35.3 Å². The highest BCUT2D eigenvalue weighted by Gasteiger charge is 2.54. The molecule has 25 heavy (non-hydrogen) atoms. The van der Waals surface area contributed by atoms with Crippen molar-refractivity contribution >= 4 is 11.6 Å². The summed E-state index contributed by atoms with van der Waals surface area (Å²) in [7, 11) is 0. The van der Waals surface area contributed by atoms with Crippen molar-refractivity contribution in [2.75, 3.05) is 0 Å². The number of carbonyl (C=O) groups excluding carboxylic acids is 2. The minimum Gasteiger partial charge on any atom is -0.505 e. The van der Waals surface area contributed by atoms with Gasteiger partial charge in [-0.2, -0.15) is 0 Å². The molecular weight excluding hydrogens is 314 g/mol. The van der Waals surface area contributed by atoms with Gasteiger partial charge in [0.05, 0.1) is 5.70 Å². The number of allylic oxidation sites excluding steroid dienone is 3. The van der Waals surface area contributed by atoms with Crippen LogP contribution < -0.4 is 5.73 Å². The molecule has 3 rings (SSSR count). The van der Waals surface area contributed by atoms with Crippen molar-refractivity contribution < 1.29 is 14.7 Å². The molecule has 0 amide bonds. The molecule has 3 aliphatic rings. The summed E-state index contributed by atoms with van der Waals surface area (Å²) in [6.45, 7) is 11.1. The summed E-state index contributed by atoms with van der Waals surface area (Å²) in [6, 6.07) is 0. The Kier molecular flexibility index (Phi) is 4.21. The van der Waals surface area contributed by atoms with E-state index in [4.69, 9.17) is 5.73 Å². The van der Waals surface area contributed by atoms with Crippen LogP contribution in [-0.2, 0) is 9.59 Å². The summed E-state index contributed by atoms with van der Waals surface area (Å²) in [4.78, 5) is 24.3. The second kappa shape index (κ2) is 5.86. The van der Waals surface area contributed by atoms with Crippen molar-refractivity contribution in [2.45, 2.75) is 59.3 Å². The van der Waals surface area contributed by atoms with Gasteiger partial charge in [0.25, 0.3) is 0 Å². The van der Waals surface area contributed by atoms with Gasteiger partial charge >= 0.3 is 0 Å². The molecular formula is C21H29NO3. The molecule has 0 spiro atoms. The molecule has 0 aromatic rings. The average molecular weight is 343 g/mol. The van der Waals surface area contributed by atoms with E-state index in [-0.39, 0.29) is 27.9 Å². The van der Waals surface area contributed by atoms with Crippen molar-refractivity contribution in [3.63, 3.8) is 0 Å². The highest BCUT2D eigenvalue weighted by molar-refractivity contribution is 6.48. The van der Waals surface area contributed by atoms with Crippen LogP contribution in [0.25, 0.3) is 0 Å². The number of ketones is 2. The summed E-state index contributed by atoms with van der Waals surface area (Å²) >= 11 is 0. The normalized spacial score (nSPS) is 39.3. The lowest BCUT2D eigenvalue weighted by molar-refractivity contribution is -0.132. The largest absolute Gasteiger partial charge is 0.505 e. The minimum absolute atomic E-state index is 0.00229. The molecule has 0 aromatic heterocycles. The lowest BCUT2D eigenvalue weighted by Gasteiger charge is -2.59. The monoisotopic (exact) mass is 343 g/mol. The first kappa shape index (κ1) is 18.0. The Morgan fingerprint density at radius 1 is 1.32 bits per heavy atom. The Morgan fingerprint density at radius 2 is 2.00 bits per heavy atom. The Bertz CT molecular complexity index is 717. The second-order valence-electron chi connectivity index (χ2n) is 8.71. The van der Waals surface area contributed by atoms with Crippen LogP contribution in [0.1, 0.15) is 59.3 Å². The first-order chi connectivity index (χ1) is 11.6. The number of hydrogen-bond donors (Lipinski definition) is 2. The quantitative estimate of drug-likeness (QED) is 0.451. The number of Topliss-reactive ketones (excluding diaryl/α,β-unsaturated/α-hetero) is 1. The summed E-state index contributed by atoms with van der Waals surface area (Å²) in [5, 5.41) is 10.4. The van der Waals surface area contributed by atoms with Crippen LogP contribution in [0.4, 0.5) is 0 Å². The first-order valence-electron chi connectivity index (χ1n) is 9.28. The van der Waals surface area contributed by atoms with Crippen molar-refractivity contribution in [1.82, 2.24) is 0 Å². The molecule has 0 heterocycles. The van der Waals surface area contributed by atoms with E-state index in [1.165, 1.54) is 5.57 Å². The molecule has 4 nitrogen and oxygen atoms in total. The number of hydrogen-bond acceptors (Lipinski definition) is 4. The molecule has 3 N–H and O–H groups in total. The molecule has 0 radical (unpaired) electrons. The smallest absolute Gasteiger partial charge is 0.232 e. The number of aliphatic hydroxyl groups is 1. The van der Waals surface area contributed by atoms with Gasteiger partial charge in [0.15, 0.2) is 0 Å². The fourth-order valence-electron chi connectivity index (χ4n) is 5.52. The molecule has 0 saturated heterocycles. The van der Waals surface area contributed by atoms with E-state index >= 15 is 0 Å². The lowest BCUT2D eigenvalue weighted by Crippen LogP contribution is -2.51. The standard InChI is InChI=1S/C21H29NO3/c1-12-6-5-7-17-20(12,3)9-8-13(2)21(17,4)11-14-18(24)15(22)10-16(23)19(14)25/h10,13,17,24H,1,5-9,11,22H2,2-4H3/t13-,17?,20+,21+/m0/s1. The van der Waals surface area contributed by atoms with Gasteiger partial charge in [-0.3, -0.25) is 9.59 Å². The predicted octanol–water partition coefficient (Wildman–Crippen LogP) is 3.98. The fourth-order valence-corrected chi connectivity index (χ4v) is 5.52. The van der Waals surface area contributed by atoms with Crippen LogP contribution in [0, 0.1) is 22.7 Å². The van der Waals surface area contributed by atoms with Gasteiger partial charge < -0.3 is 10.8 Å². The van der Waals surface area contributed by atoms with Gasteiger partial charge in [0.2, 0.25) is 11.6 Å². The maximum absolute atomic E-state index is 12.4. The molecule has 0 aromatic carbocycles. The van der Waals surface area contributed by atoms with Crippen LogP contribution in [0.3, 0.4) is 0 Å². The molecule has 136 valence electrons. The third kappa shape index (κ3) is 2.57. The van der Waals surface area contributed by atoms with E-state index in [9.17, 15) is 14.7 Å². The number of rotatable bonds is 2. The van der Waals surface area contributed by atoms with E-state index < -0.39 is 11.6 Å². The van der Waals surface area contributed by atoms with E-state index in [2.05, 4.69) is 27.4 Å². The zero-order valence-corrected chi connectivity index (χ0v) is 15.5. The van der Waals surface area contributed by atoms with Gasteiger partial charge in [0.1, 0.15) is 5.76 Å². The highest BCUT2D eigenvalue weighted by atomic mass is 16.3. The molecule has 0 aliphatic heterocycles. The number of carbonyl (C=O) groups is 2. The molecule has 1 unspecified atom stereocenters. The molecule has 2 saturated carbocycles. The van der Waals surface area contributed by atoms with Crippen LogP contribution in [-0.4, -0.2) is 16.7 Å². The molecule has 3 aliphatic carbocycles. The van der Waals surface area contributed by atoms with Gasteiger partial charge in [-0.25, -0.2) is 0 Å². The number of nitrogens with two attached hydrogens (primary N) is 1. The van der Waals surface area contributed by atoms with Crippen molar-refractivity contribution in [1.29, 1.82) is 0 Å². The zero-order valence-electron chi connectivity index (χ0n) is 15.5. The fraction of sp³-hybridized carbons (Fsp3) is 0.619. The third-order valence-electron chi connectivity index (χ3n) is 7.47. The highest BCUT2D eigenvalue weighted by Crippen LogP contribution is 2.63. The number of aliphatic hydroxyl groups excluding tert-OH is 1. The lowest BCUT2D eigenvalue weighted by atomic mass is 9.46. The summed E-state index contributed by atoms with van der Waals surface area (Å²) in [5.41, 5.74) is 7.15. The SMILES string of the molecule is C=C1CCCC2[C@](C)(CC3=C(O)C(N)=CC(=O)C3=O)[C@@H](C)CC[C@]12C. The van der Waals surface area contributed by atoms with Gasteiger partial charge in [-0.05, 0) is 61.2 Å². The zero-order chi connectivity index (χ0) is 18.6. The van der Waals surface area contributed by atoms with E-state index in [1.54, 1.807) is 0 Å². The maximum atomic E-state index is 12.4. The summed E-state index contributed by atoms with van der Waals surface area (Å²) in [6.07, 6.45) is 6.88. The molecule has 2 fully saturated rings. The first-order valence-corrected chi connectivity index (χ1v) is 9.28. The second-order valence-corrected chi connectivity index (χ2v) is 8.71. The van der Waals surface area contributed by atoms with Crippen molar-refractivity contribution in [2.24, 2.45) is 28.4 Å². The molecule has 4 heteroatoms. The molecule has 0 bridgehead atoms. The van der Waals surface area contributed by atoms with E-state index in [0.717, 1.165) is 38.2 Å². The Hall–Kier alpha value is -1.84. The van der Waals surface area contributed by atoms with Crippen molar-refractivity contribution in [3.05, 3.63) is 35.3 Å². The number of fused-ring (bicyclic) bond motifs is 1. The third-order valence-corrected chi connectivity index (χ3v) is 7.47. The maximum Gasteiger partial charge on any atom is 0.232 e. The Labute approximate surface area is 149 Å². The predicted molar refractivity (Wildman–Crippen MR) is 97.6 cm³/mol. The van der Waals surface area contributed by atoms with Crippen LogP contribution in [0.5, 0.6) is 0 Å². The van der Waals surface area contributed by atoms with Gasteiger partial charge in [0, 0.05) is 11.6 Å². The topological polar surface area (TPSA) is 80.4 Å². The van der Waals surface area contributed by atoms with E-state index in [0.29, 0.717) is 18.3 Å². The summed E-state index contributed by atoms with van der Waals surface area (Å²) < 4.78 is 0. The van der Waals surface area contributed by atoms with Crippen LogP contribution in [0.2, 0.25) is 0 Å². The average Bonchev–Trinajstić information content (AvgIpc) is 2.56. The Morgan fingerprint density at radius 3 is 2.68 bits per heavy atom. The van der Waals surface area contributed by atoms with Gasteiger partial charge in [-0.1, -0.05) is 32.9 Å². The Balaban J connectivity index is 2.03. The summed E-state index contributed by atoms with van der Waals surface area (Å²) in [5.74, 6) is -0.665. The van der Waals surface area contributed by atoms with Crippen LogP contribution >= 0.6 is 0 Å². The minimum atomic E-state index is -0.631. The molecule has 4 atom stereocenters. The van der Waals surface area contributed by atoms with Crippen molar-refractivity contribution in [3.8, 4) is 0 Å². The van der Waals surface area contributed by atoms with E-state index in [1.807, 2.05) is 0 Å². The van der Waals surface area contributed by atoms with Gasteiger partial charge in [-0.15, -0.1) is 0 Å².